The Morgan fingerprint density at radius 1 is 1.20 bits per heavy atom. The number of nitrogens with one attached hydrogen (secondary N) is 2. The molecule has 0 saturated carbocycles. The highest BCUT2D eigenvalue weighted by Crippen LogP contribution is 2.13. The molecule has 2 rings (SSSR count). The Labute approximate surface area is 149 Å². The summed E-state index contributed by atoms with van der Waals surface area (Å²) in [5, 5.41) is 16.2. The summed E-state index contributed by atoms with van der Waals surface area (Å²) in [7, 11) is 1.59. The SMILES string of the molecule is CCNC(=NCc1ccc(OC)nc1)NCC(CO)c1ccccc1. The van der Waals surface area contributed by atoms with Crippen LogP contribution in [0.4, 0.5) is 0 Å². The van der Waals surface area contributed by atoms with E-state index in [9.17, 15) is 5.11 Å². The van der Waals surface area contributed by atoms with Crippen LogP contribution in [0, 0.1) is 0 Å². The van der Waals surface area contributed by atoms with E-state index in [2.05, 4.69) is 20.6 Å². The smallest absolute Gasteiger partial charge is 0.212 e. The van der Waals surface area contributed by atoms with Crippen LogP contribution in [0.3, 0.4) is 0 Å². The number of aromatic nitrogens is 1. The molecule has 0 bridgehead atoms. The number of rotatable bonds is 8. The summed E-state index contributed by atoms with van der Waals surface area (Å²) in [6, 6.07) is 13.7. The first-order valence-corrected chi connectivity index (χ1v) is 8.43. The third-order valence-corrected chi connectivity index (χ3v) is 3.78. The number of ether oxygens (including phenoxy) is 1. The van der Waals surface area contributed by atoms with Gasteiger partial charge < -0.3 is 20.5 Å². The van der Waals surface area contributed by atoms with Crippen molar-refractivity contribution < 1.29 is 9.84 Å². The van der Waals surface area contributed by atoms with E-state index in [4.69, 9.17) is 4.74 Å². The number of hydrogen-bond acceptors (Lipinski definition) is 4. The molecule has 1 unspecified atom stereocenters. The molecule has 0 radical (unpaired) electrons. The zero-order valence-corrected chi connectivity index (χ0v) is 14.8. The van der Waals surface area contributed by atoms with Gasteiger partial charge >= 0.3 is 0 Å². The molecule has 2 aromatic rings. The molecule has 0 fully saturated rings. The minimum Gasteiger partial charge on any atom is -0.481 e. The van der Waals surface area contributed by atoms with E-state index in [1.54, 1.807) is 13.3 Å². The van der Waals surface area contributed by atoms with E-state index < -0.39 is 0 Å². The summed E-state index contributed by atoms with van der Waals surface area (Å²) in [5.74, 6) is 1.33. The van der Waals surface area contributed by atoms with Crippen LogP contribution in [0.5, 0.6) is 5.88 Å². The second kappa shape index (κ2) is 10.3. The minimum atomic E-state index is 0.0210. The number of aliphatic hydroxyl groups excluding tert-OH is 1. The lowest BCUT2D eigenvalue weighted by molar-refractivity contribution is 0.265. The molecule has 3 N–H and O–H groups in total. The maximum Gasteiger partial charge on any atom is 0.212 e. The number of methoxy groups -OCH3 is 1. The molecule has 1 aromatic heterocycles. The second-order valence-corrected chi connectivity index (χ2v) is 5.58. The van der Waals surface area contributed by atoms with Gasteiger partial charge in [-0.15, -0.1) is 0 Å². The van der Waals surface area contributed by atoms with Crippen LogP contribution in [0.15, 0.2) is 53.7 Å². The number of hydrogen-bond donors (Lipinski definition) is 3. The third kappa shape index (κ3) is 6.08. The Hall–Kier alpha value is -2.60. The largest absolute Gasteiger partial charge is 0.481 e. The molecule has 6 nitrogen and oxygen atoms in total. The Morgan fingerprint density at radius 3 is 2.60 bits per heavy atom. The molecule has 0 amide bonds. The molecule has 1 aromatic carbocycles. The van der Waals surface area contributed by atoms with Gasteiger partial charge in [0.1, 0.15) is 0 Å². The highest BCUT2D eigenvalue weighted by atomic mass is 16.5. The van der Waals surface area contributed by atoms with Gasteiger partial charge in [-0.05, 0) is 18.1 Å². The van der Waals surface area contributed by atoms with Crippen LogP contribution >= 0.6 is 0 Å². The molecule has 25 heavy (non-hydrogen) atoms. The zero-order chi connectivity index (χ0) is 17.9. The van der Waals surface area contributed by atoms with Crippen molar-refractivity contribution in [2.24, 2.45) is 4.99 Å². The number of aliphatic imine (C=N–C) groups is 1. The lowest BCUT2D eigenvalue weighted by Crippen LogP contribution is -2.39. The molecule has 0 aliphatic heterocycles. The van der Waals surface area contributed by atoms with Crippen molar-refractivity contribution in [2.75, 3.05) is 26.8 Å². The van der Waals surface area contributed by atoms with Crippen molar-refractivity contribution in [2.45, 2.75) is 19.4 Å². The number of benzene rings is 1. The topological polar surface area (TPSA) is 78.8 Å². The maximum absolute atomic E-state index is 9.66. The molecule has 1 heterocycles. The van der Waals surface area contributed by atoms with Gasteiger partial charge in [-0.1, -0.05) is 36.4 Å². The summed E-state index contributed by atoms with van der Waals surface area (Å²) in [5.41, 5.74) is 2.10. The average molecular weight is 342 g/mol. The van der Waals surface area contributed by atoms with Crippen molar-refractivity contribution in [1.29, 1.82) is 0 Å². The summed E-state index contributed by atoms with van der Waals surface area (Å²) in [6.07, 6.45) is 1.76. The first-order valence-electron chi connectivity index (χ1n) is 8.43. The van der Waals surface area contributed by atoms with E-state index in [-0.39, 0.29) is 12.5 Å². The second-order valence-electron chi connectivity index (χ2n) is 5.58. The highest BCUT2D eigenvalue weighted by molar-refractivity contribution is 5.79. The van der Waals surface area contributed by atoms with Crippen molar-refractivity contribution in [3.8, 4) is 5.88 Å². The quantitative estimate of drug-likeness (QED) is 0.505. The molecule has 0 saturated heterocycles. The highest BCUT2D eigenvalue weighted by Gasteiger charge is 2.10. The van der Waals surface area contributed by atoms with Crippen LogP contribution in [-0.2, 0) is 6.54 Å². The predicted molar refractivity (Wildman–Crippen MR) is 99.9 cm³/mol. The predicted octanol–water partition coefficient (Wildman–Crippen LogP) is 1.92. The third-order valence-electron chi connectivity index (χ3n) is 3.78. The van der Waals surface area contributed by atoms with Gasteiger partial charge in [0, 0.05) is 31.3 Å². The maximum atomic E-state index is 9.66. The summed E-state index contributed by atoms with van der Waals surface area (Å²) in [6.45, 7) is 3.99. The Kier molecular flexibility index (Phi) is 7.72. The normalized spacial score (nSPS) is 12.5. The van der Waals surface area contributed by atoms with Crippen LogP contribution < -0.4 is 15.4 Å². The van der Waals surface area contributed by atoms with E-state index in [1.165, 1.54) is 0 Å². The van der Waals surface area contributed by atoms with Crippen LogP contribution in [0.25, 0.3) is 0 Å². The van der Waals surface area contributed by atoms with Gasteiger partial charge in [0.25, 0.3) is 0 Å². The summed E-state index contributed by atoms with van der Waals surface area (Å²) >= 11 is 0. The fourth-order valence-electron chi connectivity index (χ4n) is 2.37. The Bertz CT molecular complexity index is 644. The first kappa shape index (κ1) is 18.7. The van der Waals surface area contributed by atoms with Crippen LogP contribution in [0.1, 0.15) is 24.0 Å². The monoisotopic (exact) mass is 342 g/mol. The number of guanidine groups is 1. The van der Waals surface area contributed by atoms with Crippen molar-refractivity contribution in [3.63, 3.8) is 0 Å². The summed E-state index contributed by atoms with van der Waals surface area (Å²) in [4.78, 5) is 8.75. The minimum absolute atomic E-state index is 0.0210. The standard InChI is InChI=1S/C19H26N4O2/c1-3-20-19(22-12-15-9-10-18(25-2)21-11-15)23-13-17(14-24)16-7-5-4-6-8-16/h4-11,17,24H,3,12-14H2,1-2H3,(H2,20,22,23). The number of aliphatic hydroxyl groups is 1. The molecule has 134 valence electrons. The van der Waals surface area contributed by atoms with E-state index >= 15 is 0 Å². The Morgan fingerprint density at radius 2 is 2.00 bits per heavy atom. The van der Waals surface area contributed by atoms with Gasteiger partial charge in [-0.25, -0.2) is 9.98 Å². The first-order chi connectivity index (χ1) is 12.3. The molecular formula is C19H26N4O2. The summed E-state index contributed by atoms with van der Waals surface area (Å²) < 4.78 is 5.06. The average Bonchev–Trinajstić information content (AvgIpc) is 2.67. The number of pyridine rings is 1. The lowest BCUT2D eigenvalue weighted by Gasteiger charge is -2.18. The van der Waals surface area contributed by atoms with Crippen LogP contribution in [0.2, 0.25) is 0 Å². The molecule has 0 aliphatic rings. The van der Waals surface area contributed by atoms with Gasteiger partial charge in [-0.3, -0.25) is 0 Å². The number of nitrogens with zero attached hydrogens (tertiary/aromatic N) is 2. The van der Waals surface area contributed by atoms with Crippen LogP contribution in [-0.4, -0.2) is 42.9 Å². The molecule has 6 heteroatoms. The van der Waals surface area contributed by atoms with E-state index in [1.807, 2.05) is 49.4 Å². The van der Waals surface area contributed by atoms with Crippen molar-refractivity contribution in [3.05, 3.63) is 59.8 Å². The lowest BCUT2D eigenvalue weighted by atomic mass is 10.0. The van der Waals surface area contributed by atoms with Gasteiger partial charge in [-0.2, -0.15) is 0 Å². The van der Waals surface area contributed by atoms with Gasteiger partial charge in [0.05, 0.1) is 20.3 Å². The van der Waals surface area contributed by atoms with E-state index in [0.717, 1.165) is 17.7 Å². The Balaban J connectivity index is 1.96. The molecule has 0 aliphatic carbocycles. The zero-order valence-electron chi connectivity index (χ0n) is 14.8. The molecular weight excluding hydrogens is 316 g/mol. The van der Waals surface area contributed by atoms with E-state index in [0.29, 0.717) is 24.9 Å². The van der Waals surface area contributed by atoms with Gasteiger partial charge in [0.2, 0.25) is 5.88 Å². The fraction of sp³-hybridized carbons (Fsp3) is 0.368. The fourth-order valence-corrected chi connectivity index (χ4v) is 2.37. The molecule has 0 spiro atoms. The molecule has 1 atom stereocenters. The van der Waals surface area contributed by atoms with Crippen molar-refractivity contribution >= 4 is 5.96 Å². The van der Waals surface area contributed by atoms with Gasteiger partial charge in [0.15, 0.2) is 5.96 Å². The van der Waals surface area contributed by atoms with Crippen molar-refractivity contribution in [1.82, 2.24) is 15.6 Å².